The molecular weight excluding hydrogens is 302 g/mol. The number of hydrogen-bond donors (Lipinski definition) is 0. The molecule has 0 radical (unpaired) electrons. The van der Waals surface area contributed by atoms with Crippen molar-refractivity contribution in [1.29, 1.82) is 0 Å². The van der Waals surface area contributed by atoms with Crippen LogP contribution in [0.4, 0.5) is 5.69 Å². The van der Waals surface area contributed by atoms with Gasteiger partial charge in [-0.05, 0) is 57.7 Å². The third-order valence-corrected chi connectivity index (χ3v) is 3.73. The summed E-state index contributed by atoms with van der Waals surface area (Å²) < 4.78 is 5.78. The summed E-state index contributed by atoms with van der Waals surface area (Å²) >= 11 is 0. The molecule has 0 unspecified atom stereocenters. The molecule has 0 aromatic carbocycles. The van der Waals surface area contributed by atoms with E-state index in [0.29, 0.717) is 17.4 Å². The van der Waals surface area contributed by atoms with Gasteiger partial charge in [-0.1, -0.05) is 0 Å². The van der Waals surface area contributed by atoms with Crippen LogP contribution >= 0.6 is 0 Å². The van der Waals surface area contributed by atoms with E-state index in [4.69, 9.17) is 4.74 Å². The van der Waals surface area contributed by atoms with Gasteiger partial charge in [-0.3, -0.25) is 9.78 Å². The Morgan fingerprint density at radius 1 is 1.29 bits per heavy atom. The van der Waals surface area contributed by atoms with Crippen LogP contribution in [0, 0.1) is 5.92 Å². The number of rotatable bonds is 5. The Morgan fingerprint density at radius 3 is 2.71 bits per heavy atom. The van der Waals surface area contributed by atoms with Crippen LogP contribution in [-0.2, 0) is 0 Å². The van der Waals surface area contributed by atoms with Gasteiger partial charge in [0.1, 0.15) is 5.60 Å². The average Bonchev–Trinajstić information content (AvgIpc) is 3.35. The largest absolute Gasteiger partial charge is 0.472 e. The SMILES string of the molecule is CC(C)(C)Oc1cc(C(=O)N(CC2CC2)c2cccnc2)ccn1. The van der Waals surface area contributed by atoms with E-state index in [1.807, 2.05) is 32.9 Å². The van der Waals surface area contributed by atoms with Crippen LogP contribution in [0.1, 0.15) is 44.0 Å². The summed E-state index contributed by atoms with van der Waals surface area (Å²) in [6.45, 7) is 6.59. The second-order valence-electron chi connectivity index (χ2n) is 7.17. The minimum atomic E-state index is -0.355. The maximum absolute atomic E-state index is 13.0. The van der Waals surface area contributed by atoms with Crippen LogP contribution in [0.3, 0.4) is 0 Å². The lowest BCUT2D eigenvalue weighted by Crippen LogP contribution is -2.33. The molecule has 2 aromatic heterocycles. The number of aromatic nitrogens is 2. The molecule has 0 aliphatic heterocycles. The van der Waals surface area contributed by atoms with E-state index in [1.165, 1.54) is 12.8 Å². The molecule has 2 heterocycles. The second-order valence-corrected chi connectivity index (χ2v) is 7.17. The highest BCUT2D eigenvalue weighted by atomic mass is 16.5. The quantitative estimate of drug-likeness (QED) is 0.841. The van der Waals surface area contributed by atoms with Gasteiger partial charge in [0.25, 0.3) is 5.91 Å². The first-order valence-electron chi connectivity index (χ1n) is 8.29. The zero-order valence-corrected chi connectivity index (χ0v) is 14.4. The Hall–Kier alpha value is -2.43. The monoisotopic (exact) mass is 325 g/mol. The van der Waals surface area contributed by atoms with Gasteiger partial charge in [0.15, 0.2) is 0 Å². The minimum Gasteiger partial charge on any atom is -0.472 e. The minimum absolute atomic E-state index is 0.0453. The Morgan fingerprint density at radius 2 is 2.08 bits per heavy atom. The van der Waals surface area contributed by atoms with Crippen molar-refractivity contribution in [2.45, 2.75) is 39.2 Å². The van der Waals surface area contributed by atoms with E-state index in [9.17, 15) is 4.79 Å². The van der Waals surface area contributed by atoms with Crippen LogP contribution in [0.5, 0.6) is 5.88 Å². The predicted molar refractivity (Wildman–Crippen MR) is 93.3 cm³/mol. The van der Waals surface area contributed by atoms with Crippen molar-refractivity contribution in [1.82, 2.24) is 9.97 Å². The molecule has 2 aromatic rings. The van der Waals surface area contributed by atoms with Crippen LogP contribution in [0.25, 0.3) is 0 Å². The van der Waals surface area contributed by atoms with Crippen molar-refractivity contribution in [2.75, 3.05) is 11.4 Å². The van der Waals surface area contributed by atoms with Crippen molar-refractivity contribution >= 4 is 11.6 Å². The Kier molecular flexibility index (Phi) is 4.51. The Balaban J connectivity index is 1.85. The summed E-state index contributed by atoms with van der Waals surface area (Å²) in [5, 5.41) is 0. The van der Waals surface area contributed by atoms with E-state index in [-0.39, 0.29) is 11.5 Å². The molecule has 1 aliphatic carbocycles. The lowest BCUT2D eigenvalue weighted by Gasteiger charge is -2.23. The molecule has 1 amide bonds. The van der Waals surface area contributed by atoms with Gasteiger partial charge >= 0.3 is 0 Å². The van der Waals surface area contributed by atoms with Crippen molar-refractivity contribution < 1.29 is 9.53 Å². The Labute approximate surface area is 142 Å². The zero-order chi connectivity index (χ0) is 17.2. The lowest BCUT2D eigenvalue weighted by atomic mass is 10.2. The van der Waals surface area contributed by atoms with Gasteiger partial charge in [0.05, 0.1) is 11.9 Å². The van der Waals surface area contributed by atoms with Gasteiger partial charge in [-0.2, -0.15) is 0 Å². The summed E-state index contributed by atoms with van der Waals surface area (Å²) in [7, 11) is 0. The molecule has 5 heteroatoms. The molecule has 1 aliphatic rings. The maximum Gasteiger partial charge on any atom is 0.258 e. The van der Waals surface area contributed by atoms with E-state index in [0.717, 1.165) is 12.2 Å². The fourth-order valence-electron chi connectivity index (χ4n) is 2.45. The zero-order valence-electron chi connectivity index (χ0n) is 14.4. The van der Waals surface area contributed by atoms with E-state index in [2.05, 4.69) is 9.97 Å². The van der Waals surface area contributed by atoms with Gasteiger partial charge in [-0.25, -0.2) is 4.98 Å². The smallest absolute Gasteiger partial charge is 0.258 e. The van der Waals surface area contributed by atoms with Crippen LogP contribution < -0.4 is 9.64 Å². The maximum atomic E-state index is 13.0. The van der Waals surface area contributed by atoms with Gasteiger partial charge < -0.3 is 9.64 Å². The van der Waals surface area contributed by atoms with Crippen LogP contribution in [0.15, 0.2) is 42.9 Å². The number of pyridine rings is 2. The van der Waals surface area contributed by atoms with Crippen LogP contribution in [-0.4, -0.2) is 28.0 Å². The fourth-order valence-corrected chi connectivity index (χ4v) is 2.45. The molecule has 3 rings (SSSR count). The molecule has 5 nitrogen and oxygen atoms in total. The molecule has 0 saturated heterocycles. The topological polar surface area (TPSA) is 55.3 Å². The summed E-state index contributed by atoms with van der Waals surface area (Å²) in [5.41, 5.74) is 1.05. The highest BCUT2D eigenvalue weighted by Crippen LogP contribution is 2.32. The van der Waals surface area contributed by atoms with Crippen molar-refractivity contribution in [2.24, 2.45) is 5.92 Å². The molecule has 24 heavy (non-hydrogen) atoms. The highest BCUT2D eigenvalue weighted by molar-refractivity contribution is 6.06. The number of carbonyl (C=O) groups is 1. The third-order valence-electron chi connectivity index (χ3n) is 3.73. The summed E-state index contributed by atoms with van der Waals surface area (Å²) in [5.74, 6) is 1.00. The molecule has 1 saturated carbocycles. The summed E-state index contributed by atoms with van der Waals surface area (Å²) in [6.07, 6.45) is 7.42. The van der Waals surface area contributed by atoms with Crippen molar-refractivity contribution in [3.63, 3.8) is 0 Å². The number of anilines is 1. The standard InChI is InChI=1S/C19H23N3O2/c1-19(2,3)24-17-11-15(8-10-21-17)18(23)22(13-14-6-7-14)16-5-4-9-20-12-16/h4-5,8-12,14H,6-7,13H2,1-3H3. The van der Waals surface area contributed by atoms with E-state index in [1.54, 1.807) is 35.6 Å². The first kappa shape index (κ1) is 16.4. The number of nitrogens with zero attached hydrogens (tertiary/aromatic N) is 3. The molecule has 0 atom stereocenters. The van der Waals surface area contributed by atoms with Gasteiger partial charge in [0, 0.05) is 30.6 Å². The third kappa shape index (κ3) is 4.31. The molecular formula is C19H23N3O2. The summed E-state index contributed by atoms with van der Waals surface area (Å²) in [6, 6.07) is 7.21. The van der Waals surface area contributed by atoms with Crippen LogP contribution in [0.2, 0.25) is 0 Å². The predicted octanol–water partition coefficient (Wildman–Crippen LogP) is 3.71. The second kappa shape index (κ2) is 6.59. The van der Waals surface area contributed by atoms with Crippen molar-refractivity contribution in [3.8, 4) is 5.88 Å². The van der Waals surface area contributed by atoms with E-state index >= 15 is 0 Å². The highest BCUT2D eigenvalue weighted by Gasteiger charge is 2.28. The number of amides is 1. The van der Waals surface area contributed by atoms with Gasteiger partial charge in [0.2, 0.25) is 5.88 Å². The summed E-state index contributed by atoms with van der Waals surface area (Å²) in [4.78, 5) is 23.2. The first-order valence-corrected chi connectivity index (χ1v) is 8.29. The number of hydrogen-bond acceptors (Lipinski definition) is 4. The fraction of sp³-hybridized carbons (Fsp3) is 0.421. The number of carbonyl (C=O) groups excluding carboxylic acids is 1. The lowest BCUT2D eigenvalue weighted by molar-refractivity contribution is 0.0980. The average molecular weight is 325 g/mol. The normalized spacial score (nSPS) is 14.3. The first-order chi connectivity index (χ1) is 11.4. The Bertz CT molecular complexity index is 706. The van der Waals surface area contributed by atoms with Crippen molar-refractivity contribution in [3.05, 3.63) is 48.4 Å². The molecule has 126 valence electrons. The number of ether oxygens (including phenoxy) is 1. The molecule has 0 spiro atoms. The molecule has 0 N–H and O–H groups in total. The molecule has 1 fully saturated rings. The van der Waals surface area contributed by atoms with E-state index < -0.39 is 0 Å². The molecule has 0 bridgehead atoms. The van der Waals surface area contributed by atoms with Gasteiger partial charge in [-0.15, -0.1) is 0 Å².